The Bertz CT molecular complexity index is 212. The molecule has 1 nitrogen and oxygen atoms in total. The summed E-state index contributed by atoms with van der Waals surface area (Å²) in [5.41, 5.74) is 5.38. The summed E-state index contributed by atoms with van der Waals surface area (Å²) in [5, 5.41) is 2.10. The molecule has 1 heterocycles. The van der Waals surface area contributed by atoms with Gasteiger partial charge in [-0.25, -0.2) is 0 Å². The number of thiophene rings is 1. The maximum Gasteiger partial charge on any atom is 0.0322 e. The van der Waals surface area contributed by atoms with Crippen molar-refractivity contribution in [1.82, 2.24) is 0 Å². The first-order valence-corrected chi connectivity index (χ1v) is 6.17. The Labute approximate surface area is 83.5 Å². The van der Waals surface area contributed by atoms with Gasteiger partial charge in [0, 0.05) is 27.4 Å². The number of hydrogen-bond acceptors (Lipinski definition) is 3. The molecule has 1 rings (SSSR count). The molecule has 11 heavy (non-hydrogen) atoms. The number of thioether (sulfide) groups is 1. The molecule has 62 valence electrons. The highest BCUT2D eigenvalue weighted by atomic mass is 79.9. The molecule has 1 aromatic rings. The van der Waals surface area contributed by atoms with Gasteiger partial charge in [0.15, 0.2) is 0 Å². The van der Waals surface area contributed by atoms with Crippen molar-refractivity contribution in [2.75, 3.05) is 12.3 Å². The van der Waals surface area contributed by atoms with Gasteiger partial charge in [0.1, 0.15) is 0 Å². The second-order valence-electron chi connectivity index (χ2n) is 2.03. The first-order valence-electron chi connectivity index (χ1n) is 3.34. The van der Waals surface area contributed by atoms with Crippen LogP contribution in [0.5, 0.6) is 0 Å². The van der Waals surface area contributed by atoms with Crippen molar-refractivity contribution in [1.29, 1.82) is 0 Å². The summed E-state index contributed by atoms with van der Waals surface area (Å²) >= 11 is 7.16. The molecule has 4 heteroatoms. The summed E-state index contributed by atoms with van der Waals surface area (Å²) in [4.78, 5) is 1.41. The van der Waals surface area contributed by atoms with Crippen LogP contribution in [0, 0.1) is 0 Å². The van der Waals surface area contributed by atoms with Gasteiger partial charge in [-0.15, -0.1) is 11.3 Å². The molecule has 0 aliphatic carbocycles. The minimum atomic E-state index is 0.771. The van der Waals surface area contributed by atoms with Crippen molar-refractivity contribution in [3.63, 3.8) is 0 Å². The van der Waals surface area contributed by atoms with Crippen LogP contribution in [0.1, 0.15) is 4.88 Å². The van der Waals surface area contributed by atoms with Crippen molar-refractivity contribution < 1.29 is 0 Å². The molecular formula is C7H10BrNS2. The molecule has 0 aliphatic rings. The predicted molar refractivity (Wildman–Crippen MR) is 57.2 cm³/mol. The minimum Gasteiger partial charge on any atom is -0.330 e. The molecule has 0 spiro atoms. The molecule has 0 fully saturated rings. The van der Waals surface area contributed by atoms with E-state index >= 15 is 0 Å². The van der Waals surface area contributed by atoms with Gasteiger partial charge in [0.05, 0.1) is 0 Å². The monoisotopic (exact) mass is 251 g/mol. The Morgan fingerprint density at radius 3 is 3.00 bits per heavy atom. The average molecular weight is 252 g/mol. The maximum absolute atomic E-state index is 5.38. The highest BCUT2D eigenvalue weighted by Gasteiger charge is 1.99. The summed E-state index contributed by atoms with van der Waals surface area (Å²) < 4.78 is 1.23. The lowest BCUT2D eigenvalue weighted by Crippen LogP contribution is -2.01. The topological polar surface area (TPSA) is 26.0 Å². The zero-order valence-electron chi connectivity index (χ0n) is 6.05. The average Bonchev–Trinajstić information content (AvgIpc) is 2.37. The SMILES string of the molecule is NCCSCc1sccc1Br. The van der Waals surface area contributed by atoms with Crippen molar-refractivity contribution >= 4 is 39.0 Å². The third-order valence-electron chi connectivity index (χ3n) is 1.19. The van der Waals surface area contributed by atoms with Crippen molar-refractivity contribution in [2.24, 2.45) is 5.73 Å². The first-order chi connectivity index (χ1) is 5.34. The lowest BCUT2D eigenvalue weighted by molar-refractivity contribution is 1.15. The Balaban J connectivity index is 2.32. The first kappa shape index (κ1) is 9.58. The molecule has 0 bridgehead atoms. The Kier molecular flexibility index (Phi) is 4.52. The third kappa shape index (κ3) is 3.15. The van der Waals surface area contributed by atoms with Crippen molar-refractivity contribution in [3.05, 3.63) is 20.8 Å². The highest BCUT2D eigenvalue weighted by Crippen LogP contribution is 2.26. The van der Waals surface area contributed by atoms with Gasteiger partial charge >= 0.3 is 0 Å². The fourth-order valence-corrected chi connectivity index (χ4v) is 3.31. The zero-order valence-corrected chi connectivity index (χ0v) is 9.27. The molecule has 0 saturated heterocycles. The van der Waals surface area contributed by atoms with E-state index in [0.29, 0.717) is 0 Å². The van der Waals surface area contributed by atoms with E-state index in [1.54, 1.807) is 11.3 Å². The highest BCUT2D eigenvalue weighted by molar-refractivity contribution is 9.10. The standard InChI is InChI=1S/C7H10BrNS2/c8-6-1-3-11-7(6)5-10-4-2-9/h1,3H,2,4-5,9H2. The summed E-state index contributed by atoms with van der Waals surface area (Å²) in [6, 6.07) is 2.09. The summed E-state index contributed by atoms with van der Waals surface area (Å²) in [7, 11) is 0. The van der Waals surface area contributed by atoms with E-state index in [2.05, 4.69) is 27.4 Å². The van der Waals surface area contributed by atoms with Gasteiger partial charge in [-0.05, 0) is 27.4 Å². The van der Waals surface area contributed by atoms with Gasteiger partial charge < -0.3 is 5.73 Å². The molecule has 0 atom stereocenters. The molecule has 0 saturated carbocycles. The zero-order chi connectivity index (χ0) is 8.10. The van der Waals surface area contributed by atoms with Crippen LogP contribution in [-0.2, 0) is 5.75 Å². The van der Waals surface area contributed by atoms with Crippen LogP contribution in [0.2, 0.25) is 0 Å². The smallest absolute Gasteiger partial charge is 0.0322 e. The van der Waals surface area contributed by atoms with Crippen molar-refractivity contribution in [2.45, 2.75) is 5.75 Å². The van der Waals surface area contributed by atoms with E-state index in [1.807, 2.05) is 11.8 Å². The van der Waals surface area contributed by atoms with Gasteiger partial charge in [0.2, 0.25) is 0 Å². The van der Waals surface area contributed by atoms with Crippen molar-refractivity contribution in [3.8, 4) is 0 Å². The van der Waals surface area contributed by atoms with Crippen LogP contribution in [0.4, 0.5) is 0 Å². The Hall–Kier alpha value is 0.490. The lowest BCUT2D eigenvalue weighted by atomic mass is 10.5. The molecule has 0 aliphatic heterocycles. The van der Waals surface area contributed by atoms with E-state index in [-0.39, 0.29) is 0 Å². The predicted octanol–water partition coefficient (Wildman–Crippen LogP) is 2.70. The van der Waals surface area contributed by atoms with Crippen LogP contribution in [-0.4, -0.2) is 12.3 Å². The van der Waals surface area contributed by atoms with E-state index in [1.165, 1.54) is 9.35 Å². The van der Waals surface area contributed by atoms with Crippen LogP contribution in [0.25, 0.3) is 0 Å². The van der Waals surface area contributed by atoms with Gasteiger partial charge in [-0.3, -0.25) is 0 Å². The molecule has 2 N–H and O–H groups in total. The van der Waals surface area contributed by atoms with E-state index in [9.17, 15) is 0 Å². The quantitative estimate of drug-likeness (QED) is 0.834. The molecule has 0 amide bonds. The molecule has 0 unspecified atom stereocenters. The molecule has 0 radical (unpaired) electrons. The third-order valence-corrected chi connectivity index (χ3v) is 4.31. The second kappa shape index (κ2) is 5.19. The molecular weight excluding hydrogens is 242 g/mol. The van der Waals surface area contributed by atoms with Gasteiger partial charge in [0.25, 0.3) is 0 Å². The van der Waals surface area contributed by atoms with Gasteiger partial charge in [-0.1, -0.05) is 0 Å². The Morgan fingerprint density at radius 1 is 1.64 bits per heavy atom. The summed E-state index contributed by atoms with van der Waals surface area (Å²) in [6.45, 7) is 0.771. The van der Waals surface area contributed by atoms with E-state index < -0.39 is 0 Å². The van der Waals surface area contributed by atoms with E-state index in [0.717, 1.165) is 18.1 Å². The fourth-order valence-electron chi connectivity index (χ4n) is 0.676. The van der Waals surface area contributed by atoms with E-state index in [4.69, 9.17) is 5.73 Å². The minimum absolute atomic E-state index is 0.771. The number of hydrogen-bond donors (Lipinski definition) is 1. The summed E-state index contributed by atoms with van der Waals surface area (Å²) in [5.74, 6) is 2.12. The van der Waals surface area contributed by atoms with Crippen LogP contribution in [0.15, 0.2) is 15.9 Å². The van der Waals surface area contributed by atoms with Crippen LogP contribution in [0.3, 0.4) is 0 Å². The number of nitrogens with two attached hydrogens (primary N) is 1. The van der Waals surface area contributed by atoms with Gasteiger partial charge in [-0.2, -0.15) is 11.8 Å². The Morgan fingerprint density at radius 2 is 2.45 bits per heavy atom. The maximum atomic E-state index is 5.38. The normalized spacial score (nSPS) is 10.4. The van der Waals surface area contributed by atoms with Crippen LogP contribution >= 0.6 is 39.0 Å². The molecule has 0 aromatic carbocycles. The van der Waals surface area contributed by atoms with Crippen LogP contribution < -0.4 is 5.73 Å². The lowest BCUT2D eigenvalue weighted by Gasteiger charge is -1.96. The number of halogens is 1. The second-order valence-corrected chi connectivity index (χ2v) is 4.99. The summed E-state index contributed by atoms with van der Waals surface area (Å²) in [6.07, 6.45) is 0. The largest absolute Gasteiger partial charge is 0.330 e. The number of rotatable bonds is 4. The fraction of sp³-hybridized carbons (Fsp3) is 0.429. The molecule has 1 aromatic heterocycles.